The van der Waals surface area contributed by atoms with Crippen LogP contribution in [0.25, 0.3) is 0 Å². The van der Waals surface area contributed by atoms with E-state index in [1.54, 1.807) is 0 Å². The average molecular weight is 447 g/mol. The predicted molar refractivity (Wildman–Crippen MR) is 122 cm³/mol. The molecule has 0 bridgehead atoms. The van der Waals surface area contributed by atoms with Crippen LogP contribution in [0.1, 0.15) is 91.9 Å². The molecule has 0 unspecified atom stereocenters. The molecule has 32 heavy (non-hydrogen) atoms. The molecule has 0 aromatic rings. The van der Waals surface area contributed by atoms with E-state index in [4.69, 9.17) is 9.47 Å². The molecule has 0 heterocycles. The van der Waals surface area contributed by atoms with Crippen molar-refractivity contribution in [2.75, 3.05) is 7.11 Å². The van der Waals surface area contributed by atoms with E-state index in [-0.39, 0.29) is 34.8 Å². The van der Waals surface area contributed by atoms with Crippen molar-refractivity contribution in [1.82, 2.24) is 0 Å². The van der Waals surface area contributed by atoms with Gasteiger partial charge in [0, 0.05) is 25.7 Å². The van der Waals surface area contributed by atoms with Crippen LogP contribution in [0.15, 0.2) is 0 Å². The summed E-state index contributed by atoms with van der Waals surface area (Å²) < 4.78 is 10.4. The van der Waals surface area contributed by atoms with E-state index in [1.165, 1.54) is 26.9 Å². The van der Waals surface area contributed by atoms with Gasteiger partial charge in [-0.3, -0.25) is 14.4 Å². The summed E-state index contributed by atoms with van der Waals surface area (Å²) in [4.78, 5) is 36.8. The lowest BCUT2D eigenvalue weighted by atomic mass is 9.44. The van der Waals surface area contributed by atoms with Gasteiger partial charge in [0.15, 0.2) is 0 Å². The molecule has 0 saturated heterocycles. The quantitative estimate of drug-likeness (QED) is 0.533. The lowest BCUT2D eigenvalue weighted by molar-refractivity contribution is -0.168. The zero-order chi connectivity index (χ0) is 23.3. The van der Waals surface area contributed by atoms with Crippen LogP contribution in [0, 0.1) is 46.3 Å². The van der Waals surface area contributed by atoms with Gasteiger partial charge in [0.05, 0.1) is 7.11 Å². The predicted octanol–water partition coefficient (Wildman–Crippen LogP) is 5.35. The van der Waals surface area contributed by atoms with Gasteiger partial charge >= 0.3 is 11.9 Å². The molecule has 0 aliphatic heterocycles. The minimum absolute atomic E-state index is 0.0182. The van der Waals surface area contributed by atoms with Crippen LogP contribution in [0.3, 0.4) is 0 Å². The third kappa shape index (κ3) is 3.92. The van der Waals surface area contributed by atoms with Crippen LogP contribution in [0.4, 0.5) is 0 Å². The normalized spacial score (nSPS) is 44.1. The van der Waals surface area contributed by atoms with E-state index in [2.05, 4.69) is 20.8 Å². The summed E-state index contributed by atoms with van der Waals surface area (Å²) in [6.07, 6.45) is 9.49. The van der Waals surface area contributed by atoms with Crippen LogP contribution in [-0.4, -0.2) is 30.9 Å². The summed E-state index contributed by atoms with van der Waals surface area (Å²) in [6, 6.07) is 0. The summed E-state index contributed by atoms with van der Waals surface area (Å²) in [5.74, 6) is 2.68. The highest BCUT2D eigenvalue weighted by atomic mass is 16.5. The minimum Gasteiger partial charge on any atom is -0.469 e. The van der Waals surface area contributed by atoms with Crippen LogP contribution in [0.5, 0.6) is 0 Å². The number of carbonyl (C=O) groups excluding carboxylic acids is 3. The van der Waals surface area contributed by atoms with Crippen LogP contribution in [0.2, 0.25) is 0 Å². The molecule has 4 rings (SSSR count). The molecule has 0 aromatic carbocycles. The van der Waals surface area contributed by atoms with E-state index in [9.17, 15) is 14.4 Å². The summed E-state index contributed by atoms with van der Waals surface area (Å²) in [7, 11) is 1.46. The van der Waals surface area contributed by atoms with Gasteiger partial charge in [0.2, 0.25) is 0 Å². The number of carbonyl (C=O) groups is 3. The molecule has 9 atom stereocenters. The van der Waals surface area contributed by atoms with Gasteiger partial charge in [-0.15, -0.1) is 0 Å². The van der Waals surface area contributed by atoms with Crippen LogP contribution < -0.4 is 0 Å². The number of rotatable bonds is 5. The van der Waals surface area contributed by atoms with E-state index < -0.39 is 0 Å². The first kappa shape index (κ1) is 23.8. The molecule has 4 aliphatic rings. The zero-order valence-corrected chi connectivity index (χ0v) is 20.7. The standard InChI is InChI=1S/C27H42O5/c1-16(6-9-24(30)31-5)20-7-8-21-25-22(11-13-27(20,21)4)26(3)12-10-19(32-17(2)28)14-18(26)15-23(25)29/h16,18-22,25H,6-15H2,1-5H3/t16-,18-,19+,20+,21-,22-,25+,26-,27+/m0/s1. The number of hydrogen-bond donors (Lipinski definition) is 0. The summed E-state index contributed by atoms with van der Waals surface area (Å²) in [5, 5.41) is 0. The van der Waals surface area contributed by atoms with Gasteiger partial charge in [-0.05, 0) is 91.8 Å². The number of hydrogen-bond acceptors (Lipinski definition) is 5. The lowest BCUT2D eigenvalue weighted by Crippen LogP contribution is -2.57. The lowest BCUT2D eigenvalue weighted by Gasteiger charge is -2.60. The first-order valence-electron chi connectivity index (χ1n) is 12.9. The molecule has 5 nitrogen and oxygen atoms in total. The monoisotopic (exact) mass is 446 g/mol. The first-order chi connectivity index (χ1) is 15.1. The van der Waals surface area contributed by atoms with Crippen LogP contribution >= 0.6 is 0 Å². The smallest absolute Gasteiger partial charge is 0.305 e. The molecular formula is C27H42O5. The molecule has 0 aromatic heterocycles. The van der Waals surface area contributed by atoms with Crippen LogP contribution in [-0.2, 0) is 23.9 Å². The fraction of sp³-hybridized carbons (Fsp3) is 0.889. The Morgan fingerprint density at radius 3 is 2.44 bits per heavy atom. The van der Waals surface area contributed by atoms with Crippen molar-refractivity contribution in [2.24, 2.45) is 46.3 Å². The molecule has 0 spiro atoms. The van der Waals surface area contributed by atoms with Crippen molar-refractivity contribution in [3.8, 4) is 0 Å². The Morgan fingerprint density at radius 2 is 1.75 bits per heavy atom. The van der Waals surface area contributed by atoms with Crippen molar-refractivity contribution >= 4 is 17.7 Å². The minimum atomic E-state index is -0.203. The molecule has 0 amide bonds. The Balaban J connectivity index is 1.50. The zero-order valence-electron chi connectivity index (χ0n) is 20.7. The first-order valence-corrected chi connectivity index (χ1v) is 12.9. The van der Waals surface area contributed by atoms with Crippen molar-refractivity contribution < 1.29 is 23.9 Å². The van der Waals surface area contributed by atoms with E-state index in [1.807, 2.05) is 0 Å². The third-order valence-electron chi connectivity index (χ3n) is 10.5. The fourth-order valence-corrected chi connectivity index (χ4v) is 8.86. The van der Waals surface area contributed by atoms with E-state index in [0.29, 0.717) is 48.2 Å². The second-order valence-electron chi connectivity index (χ2n) is 11.9. The SMILES string of the molecule is COC(=O)CC[C@H](C)[C@H]1CC[C@H]2[C@H]3C(=O)C[C@@H]4C[C@H](OC(C)=O)CC[C@]4(C)[C@H]3CC[C@]12C. The van der Waals surface area contributed by atoms with Crippen molar-refractivity contribution in [2.45, 2.75) is 98.0 Å². The largest absolute Gasteiger partial charge is 0.469 e. The molecule has 180 valence electrons. The summed E-state index contributed by atoms with van der Waals surface area (Å²) >= 11 is 0. The fourth-order valence-electron chi connectivity index (χ4n) is 8.86. The molecule has 0 radical (unpaired) electrons. The van der Waals surface area contributed by atoms with Crippen molar-refractivity contribution in [3.63, 3.8) is 0 Å². The number of methoxy groups -OCH3 is 1. The molecule has 4 aliphatic carbocycles. The van der Waals surface area contributed by atoms with Gasteiger partial charge in [-0.25, -0.2) is 0 Å². The molecule has 0 N–H and O–H groups in total. The second-order valence-corrected chi connectivity index (χ2v) is 11.9. The third-order valence-corrected chi connectivity index (χ3v) is 10.5. The number of ketones is 1. The molecule has 4 fully saturated rings. The maximum absolute atomic E-state index is 13.6. The van der Waals surface area contributed by atoms with Crippen molar-refractivity contribution in [1.29, 1.82) is 0 Å². The van der Waals surface area contributed by atoms with E-state index >= 15 is 0 Å². The Hall–Kier alpha value is -1.39. The van der Waals surface area contributed by atoms with Gasteiger partial charge in [-0.2, -0.15) is 0 Å². The number of fused-ring (bicyclic) bond motifs is 5. The highest BCUT2D eigenvalue weighted by Crippen LogP contribution is 2.67. The number of Topliss-reactive ketones (excluding diaryl/α,β-unsaturated/α-hetero) is 1. The van der Waals surface area contributed by atoms with Gasteiger partial charge in [-0.1, -0.05) is 20.8 Å². The molecular weight excluding hydrogens is 404 g/mol. The van der Waals surface area contributed by atoms with Gasteiger partial charge in [0.1, 0.15) is 11.9 Å². The summed E-state index contributed by atoms with van der Waals surface area (Å²) in [5.41, 5.74) is 0.385. The Kier molecular flexibility index (Phi) is 6.50. The van der Waals surface area contributed by atoms with E-state index in [0.717, 1.165) is 38.5 Å². The number of esters is 2. The number of ether oxygens (including phenoxy) is 2. The topological polar surface area (TPSA) is 69.7 Å². The van der Waals surface area contributed by atoms with Gasteiger partial charge < -0.3 is 9.47 Å². The Labute approximate surface area is 193 Å². The second kappa shape index (κ2) is 8.76. The highest BCUT2D eigenvalue weighted by molar-refractivity contribution is 5.83. The summed E-state index contributed by atoms with van der Waals surface area (Å²) in [6.45, 7) is 8.66. The Bertz CT molecular complexity index is 761. The van der Waals surface area contributed by atoms with Crippen molar-refractivity contribution in [3.05, 3.63) is 0 Å². The maximum atomic E-state index is 13.6. The molecule has 4 saturated carbocycles. The average Bonchev–Trinajstić information content (AvgIpc) is 3.09. The Morgan fingerprint density at radius 1 is 1.06 bits per heavy atom. The maximum Gasteiger partial charge on any atom is 0.305 e. The highest BCUT2D eigenvalue weighted by Gasteiger charge is 2.63. The van der Waals surface area contributed by atoms with Gasteiger partial charge in [0.25, 0.3) is 0 Å². The molecule has 5 heteroatoms.